The van der Waals surface area contributed by atoms with Crippen molar-refractivity contribution in [3.8, 4) is 17.6 Å². The van der Waals surface area contributed by atoms with Gasteiger partial charge in [0.15, 0.2) is 0 Å². The van der Waals surface area contributed by atoms with Crippen LogP contribution in [0.1, 0.15) is 68.0 Å². The van der Waals surface area contributed by atoms with E-state index in [-0.39, 0.29) is 38.3 Å². The number of fused-ring (bicyclic) bond motifs is 3. The maximum absolute atomic E-state index is 9.52. The summed E-state index contributed by atoms with van der Waals surface area (Å²) in [4.78, 5) is 0. The molecule has 1 unspecified atom stereocenters. The molecule has 0 spiro atoms. The van der Waals surface area contributed by atoms with E-state index in [4.69, 9.17) is 32.7 Å². The maximum Gasteiger partial charge on any atom is 0.259 e. The Bertz CT molecular complexity index is 2360. The van der Waals surface area contributed by atoms with Gasteiger partial charge in [0.25, 0.3) is 8.53 Å². The molecule has 2 fully saturated rings. The minimum absolute atomic E-state index is 0.0998. The van der Waals surface area contributed by atoms with Crippen molar-refractivity contribution < 1.29 is 32.7 Å². The number of benzene rings is 5. The van der Waals surface area contributed by atoms with Crippen molar-refractivity contribution in [2.75, 3.05) is 34.0 Å². The second kappa shape index (κ2) is 19.1. The van der Waals surface area contributed by atoms with Crippen LogP contribution in [-0.2, 0) is 35.4 Å². The fourth-order valence-electron chi connectivity index (χ4n) is 8.94. The van der Waals surface area contributed by atoms with Gasteiger partial charge in [0.05, 0.1) is 46.5 Å². The lowest BCUT2D eigenvalue weighted by molar-refractivity contribution is -0.184. The number of aromatic nitrogens is 1. The Morgan fingerprint density at radius 2 is 1.42 bits per heavy atom. The van der Waals surface area contributed by atoms with Crippen LogP contribution in [-0.4, -0.2) is 73.2 Å². The molecular weight excluding hydrogens is 798 g/mol. The standard InChI is InChI=1S/C51H56N3O7P/c1-36(2)54(37(3)4)62(59-31-13-29-52)61-49-48-47(40-19-18-39-28-30-53(46(39)32-40)33-38-14-9-7-10-15-38)60-50(49,34-57-48)35-58-51(41-16-11-8-12-17-41,42-20-24-44(55-5)25-21-42)43-22-26-45(56-6)27-23-43/h7-12,14-28,30,32,36-37,47-49H,13,31,33-35H2,1-6H3/t47-,48-,49-,50+,62?/m0/s1. The van der Waals surface area contributed by atoms with E-state index in [0.717, 1.165) is 51.2 Å². The molecule has 2 saturated heterocycles. The largest absolute Gasteiger partial charge is 0.497 e. The fraction of sp³-hybridized carbons (Fsp3) is 0.353. The number of hydrogen-bond acceptors (Lipinski definition) is 9. The second-order valence-corrected chi connectivity index (χ2v) is 17.9. The molecule has 1 aromatic heterocycles. The van der Waals surface area contributed by atoms with Crippen LogP contribution in [0.2, 0.25) is 0 Å². The van der Waals surface area contributed by atoms with E-state index in [1.54, 1.807) is 14.2 Å². The van der Waals surface area contributed by atoms with Crippen molar-refractivity contribution in [1.29, 1.82) is 5.26 Å². The summed E-state index contributed by atoms with van der Waals surface area (Å²) in [5.41, 5.74) is 3.91. The molecule has 8 rings (SSSR count). The normalized spacial score (nSPS) is 20.3. The first-order valence-corrected chi connectivity index (χ1v) is 22.5. The van der Waals surface area contributed by atoms with Crippen LogP contribution in [0, 0.1) is 11.3 Å². The summed E-state index contributed by atoms with van der Waals surface area (Å²) in [6, 6.07) is 47.9. The van der Waals surface area contributed by atoms with Crippen molar-refractivity contribution in [3.63, 3.8) is 0 Å². The Morgan fingerprint density at radius 1 is 0.806 bits per heavy atom. The number of rotatable bonds is 19. The van der Waals surface area contributed by atoms with Crippen molar-refractivity contribution >= 4 is 19.4 Å². The second-order valence-electron chi connectivity index (χ2n) is 16.5. The zero-order valence-corrected chi connectivity index (χ0v) is 37.2. The molecule has 0 aliphatic carbocycles. The maximum atomic E-state index is 9.52. The van der Waals surface area contributed by atoms with Gasteiger partial charge in [-0.05, 0) is 97.3 Å². The summed E-state index contributed by atoms with van der Waals surface area (Å²) in [7, 11) is 1.67. The van der Waals surface area contributed by atoms with Gasteiger partial charge in [0.1, 0.15) is 41.0 Å². The van der Waals surface area contributed by atoms with Crippen LogP contribution in [0.3, 0.4) is 0 Å². The lowest BCUT2D eigenvalue weighted by Crippen LogP contribution is -2.49. The third kappa shape index (κ3) is 8.64. The van der Waals surface area contributed by atoms with Crippen molar-refractivity contribution in [1.82, 2.24) is 9.24 Å². The topological polar surface area (TPSA) is 96.6 Å². The first-order valence-electron chi connectivity index (χ1n) is 21.4. The van der Waals surface area contributed by atoms with Gasteiger partial charge in [0, 0.05) is 30.3 Å². The van der Waals surface area contributed by atoms with Gasteiger partial charge >= 0.3 is 0 Å². The Balaban J connectivity index is 1.23. The molecule has 0 N–H and O–H groups in total. The van der Waals surface area contributed by atoms with Crippen molar-refractivity contribution in [2.45, 2.75) is 82.3 Å². The molecule has 0 radical (unpaired) electrons. The molecule has 2 aliphatic rings. The summed E-state index contributed by atoms with van der Waals surface area (Å²) in [6.45, 7) is 9.89. The van der Waals surface area contributed by atoms with E-state index in [1.165, 1.54) is 5.56 Å². The SMILES string of the molecule is COc1ccc(C(OC[C@@]23CO[C@@H]([C@H](c4ccc5ccn(Cc6ccccc6)c5c4)O2)[C@@H]3OP(OCCC#N)N(C(C)C)C(C)C)(c2ccccc2)c2ccc(OC)cc2)cc1. The van der Waals surface area contributed by atoms with E-state index in [2.05, 4.69) is 134 Å². The molecule has 6 aromatic rings. The van der Waals surface area contributed by atoms with Crippen molar-refractivity contribution in [3.05, 3.63) is 167 Å². The van der Waals surface area contributed by atoms with Crippen LogP contribution in [0.5, 0.6) is 11.5 Å². The first-order chi connectivity index (χ1) is 30.2. The molecule has 0 saturated carbocycles. The molecule has 11 heteroatoms. The molecular formula is C51H56N3O7P. The Labute approximate surface area is 366 Å². The van der Waals surface area contributed by atoms with Gasteiger partial charge in [0.2, 0.25) is 0 Å². The molecule has 10 nitrogen and oxygen atoms in total. The smallest absolute Gasteiger partial charge is 0.259 e. The van der Waals surface area contributed by atoms with Gasteiger partial charge in [-0.2, -0.15) is 5.26 Å². The summed E-state index contributed by atoms with van der Waals surface area (Å²) in [5.74, 6) is 1.48. The molecule has 62 heavy (non-hydrogen) atoms. The average molecular weight is 854 g/mol. The highest BCUT2D eigenvalue weighted by atomic mass is 31.2. The minimum Gasteiger partial charge on any atom is -0.497 e. The fourth-order valence-corrected chi connectivity index (χ4v) is 10.7. The lowest BCUT2D eigenvalue weighted by Gasteiger charge is -2.41. The zero-order chi connectivity index (χ0) is 43.3. The number of nitriles is 1. The predicted molar refractivity (Wildman–Crippen MR) is 242 cm³/mol. The van der Waals surface area contributed by atoms with Gasteiger partial charge in [-0.1, -0.05) is 97.1 Å². The summed E-state index contributed by atoms with van der Waals surface area (Å²) >= 11 is 0. The summed E-state index contributed by atoms with van der Waals surface area (Å²) in [6.07, 6.45) is 0.842. The molecule has 0 amide bonds. The number of methoxy groups -OCH3 is 2. The van der Waals surface area contributed by atoms with Gasteiger partial charge < -0.3 is 37.3 Å². The van der Waals surface area contributed by atoms with E-state index < -0.39 is 38.0 Å². The van der Waals surface area contributed by atoms with Gasteiger partial charge in [-0.25, -0.2) is 4.67 Å². The molecule has 2 bridgehead atoms. The highest BCUT2D eigenvalue weighted by Gasteiger charge is 2.64. The highest BCUT2D eigenvalue weighted by Crippen LogP contribution is 2.57. The van der Waals surface area contributed by atoms with E-state index >= 15 is 0 Å². The molecule has 5 atom stereocenters. The van der Waals surface area contributed by atoms with E-state index in [0.29, 0.717) is 0 Å². The summed E-state index contributed by atoms with van der Waals surface area (Å²) in [5, 5.41) is 10.7. The van der Waals surface area contributed by atoms with Gasteiger partial charge in [-0.15, -0.1) is 0 Å². The Hall–Kier alpha value is -5.08. The van der Waals surface area contributed by atoms with Crippen molar-refractivity contribution in [2.24, 2.45) is 0 Å². The number of ether oxygens (including phenoxy) is 5. The monoisotopic (exact) mass is 853 g/mol. The van der Waals surface area contributed by atoms with Crippen LogP contribution < -0.4 is 9.47 Å². The van der Waals surface area contributed by atoms with Crippen LogP contribution in [0.25, 0.3) is 10.9 Å². The molecule has 2 aliphatic heterocycles. The Morgan fingerprint density at radius 3 is 2.02 bits per heavy atom. The van der Waals surface area contributed by atoms with Crippen LogP contribution in [0.15, 0.2) is 140 Å². The third-order valence-corrected chi connectivity index (χ3v) is 14.0. The van der Waals surface area contributed by atoms with E-state index in [9.17, 15) is 5.26 Å². The zero-order valence-electron chi connectivity index (χ0n) is 36.3. The molecule has 5 aromatic carbocycles. The number of nitrogens with zero attached hydrogens (tertiary/aromatic N) is 3. The van der Waals surface area contributed by atoms with Gasteiger partial charge in [-0.3, -0.25) is 0 Å². The van der Waals surface area contributed by atoms with E-state index in [1.807, 2.05) is 48.5 Å². The Kier molecular flexibility index (Phi) is 13.4. The third-order valence-electron chi connectivity index (χ3n) is 11.9. The van der Waals surface area contributed by atoms with Crippen LogP contribution >= 0.6 is 8.53 Å². The van der Waals surface area contributed by atoms with Crippen LogP contribution in [0.4, 0.5) is 0 Å². The quantitative estimate of drug-likeness (QED) is 0.0448. The predicted octanol–water partition coefficient (Wildman–Crippen LogP) is 10.6. The highest BCUT2D eigenvalue weighted by molar-refractivity contribution is 7.44. The first kappa shape index (κ1) is 43.6. The summed E-state index contributed by atoms with van der Waals surface area (Å²) < 4.78 is 51.4. The number of hydrogen-bond donors (Lipinski definition) is 0. The molecule has 322 valence electrons. The minimum atomic E-state index is -1.66. The lowest BCUT2D eigenvalue weighted by atomic mass is 9.79. The average Bonchev–Trinajstić information content (AvgIpc) is 3.96. The molecule has 3 heterocycles.